The number of primary amides is 1. The zero-order chi connectivity index (χ0) is 9.14. The molecule has 0 aliphatic heterocycles. The van der Waals surface area contributed by atoms with Crippen LogP contribution in [0.3, 0.4) is 0 Å². The Hall–Kier alpha value is -1.35. The minimum atomic E-state index is -0.961. The molecular formula is C8H6ClNO2. The van der Waals surface area contributed by atoms with Gasteiger partial charge in [-0.15, -0.1) is 0 Å². The maximum absolute atomic E-state index is 10.9. The van der Waals surface area contributed by atoms with Gasteiger partial charge in [0.2, 0.25) is 5.78 Å². The molecule has 4 heteroatoms. The normalized spacial score (nSPS) is 9.42. The van der Waals surface area contributed by atoms with E-state index in [0.29, 0.717) is 5.02 Å². The van der Waals surface area contributed by atoms with Gasteiger partial charge >= 0.3 is 0 Å². The lowest BCUT2D eigenvalue weighted by Gasteiger charge is -1.95. The minimum Gasteiger partial charge on any atom is -0.363 e. The lowest BCUT2D eigenvalue weighted by atomic mass is 10.1. The molecule has 0 fully saturated rings. The van der Waals surface area contributed by atoms with E-state index in [-0.39, 0.29) is 5.56 Å². The molecule has 0 spiro atoms. The van der Waals surface area contributed by atoms with Gasteiger partial charge in [0.1, 0.15) is 0 Å². The summed E-state index contributed by atoms with van der Waals surface area (Å²) < 4.78 is 0. The van der Waals surface area contributed by atoms with Crippen molar-refractivity contribution in [2.45, 2.75) is 0 Å². The molecule has 0 saturated heterocycles. The number of amides is 1. The minimum absolute atomic E-state index is 0.256. The van der Waals surface area contributed by atoms with E-state index in [4.69, 9.17) is 17.3 Å². The van der Waals surface area contributed by atoms with Crippen LogP contribution in [0.25, 0.3) is 0 Å². The van der Waals surface area contributed by atoms with Gasteiger partial charge in [-0.3, -0.25) is 9.59 Å². The third-order valence-electron chi connectivity index (χ3n) is 1.33. The summed E-state index contributed by atoms with van der Waals surface area (Å²) in [6.07, 6.45) is 0. The van der Waals surface area contributed by atoms with Gasteiger partial charge in [-0.1, -0.05) is 11.6 Å². The van der Waals surface area contributed by atoms with Gasteiger partial charge in [0, 0.05) is 10.6 Å². The molecule has 12 heavy (non-hydrogen) atoms. The maximum Gasteiger partial charge on any atom is 0.289 e. The first-order valence-electron chi connectivity index (χ1n) is 3.21. The highest BCUT2D eigenvalue weighted by Gasteiger charge is 2.10. The number of halogens is 1. The number of carbonyl (C=O) groups is 2. The zero-order valence-corrected chi connectivity index (χ0v) is 6.84. The summed E-state index contributed by atoms with van der Waals surface area (Å²) in [6, 6.07) is 5.96. The molecule has 1 aromatic rings. The van der Waals surface area contributed by atoms with Gasteiger partial charge in [-0.25, -0.2) is 0 Å². The number of nitrogens with two attached hydrogens (primary N) is 1. The molecule has 62 valence electrons. The topological polar surface area (TPSA) is 60.2 Å². The zero-order valence-electron chi connectivity index (χ0n) is 6.08. The summed E-state index contributed by atoms with van der Waals surface area (Å²) >= 11 is 5.57. The maximum atomic E-state index is 10.9. The molecule has 2 N–H and O–H groups in total. The highest BCUT2D eigenvalue weighted by molar-refractivity contribution is 6.42. The fourth-order valence-electron chi connectivity index (χ4n) is 0.744. The summed E-state index contributed by atoms with van der Waals surface area (Å²) in [4.78, 5) is 21.4. The summed E-state index contributed by atoms with van der Waals surface area (Å²) in [5, 5.41) is 0.510. The second-order valence-electron chi connectivity index (χ2n) is 2.20. The number of Topliss-reactive ketones (excluding diaryl/α,β-unsaturated/α-hetero) is 1. The average Bonchev–Trinajstić information content (AvgIpc) is 2.04. The third-order valence-corrected chi connectivity index (χ3v) is 1.58. The van der Waals surface area contributed by atoms with Gasteiger partial charge in [-0.05, 0) is 24.3 Å². The van der Waals surface area contributed by atoms with Crippen molar-refractivity contribution in [3.63, 3.8) is 0 Å². The number of hydrogen-bond donors (Lipinski definition) is 1. The second kappa shape index (κ2) is 3.36. The van der Waals surface area contributed by atoms with Crippen LogP contribution >= 0.6 is 11.6 Å². The number of ketones is 1. The molecule has 0 saturated carbocycles. The first-order valence-corrected chi connectivity index (χ1v) is 3.59. The Balaban J connectivity index is 2.98. The Labute approximate surface area is 74.1 Å². The number of rotatable bonds is 2. The second-order valence-corrected chi connectivity index (χ2v) is 2.64. The third kappa shape index (κ3) is 1.83. The van der Waals surface area contributed by atoms with Crippen molar-refractivity contribution < 1.29 is 9.59 Å². The SMILES string of the molecule is NC(=O)C(=O)c1ccc(Cl)cc1. The summed E-state index contributed by atoms with van der Waals surface area (Å²) in [6.45, 7) is 0. The molecule has 0 unspecified atom stereocenters. The van der Waals surface area contributed by atoms with Crippen molar-refractivity contribution in [3.8, 4) is 0 Å². The van der Waals surface area contributed by atoms with Crippen LogP contribution in [0.1, 0.15) is 10.4 Å². The van der Waals surface area contributed by atoms with Crippen molar-refractivity contribution in [3.05, 3.63) is 34.9 Å². The molecule has 1 aromatic carbocycles. The van der Waals surface area contributed by atoms with Crippen LogP contribution in [0.4, 0.5) is 0 Å². The quantitative estimate of drug-likeness (QED) is 0.550. The van der Waals surface area contributed by atoms with Crippen LogP contribution in [-0.4, -0.2) is 11.7 Å². The fourth-order valence-corrected chi connectivity index (χ4v) is 0.870. The summed E-state index contributed by atoms with van der Waals surface area (Å²) in [5.74, 6) is -1.66. The van der Waals surface area contributed by atoms with Crippen molar-refractivity contribution in [1.82, 2.24) is 0 Å². The van der Waals surface area contributed by atoms with E-state index in [1.165, 1.54) is 24.3 Å². The Bertz CT molecular complexity index is 318. The number of carbonyl (C=O) groups excluding carboxylic acids is 2. The predicted molar refractivity (Wildman–Crippen MR) is 45.0 cm³/mol. The molecule has 3 nitrogen and oxygen atoms in total. The van der Waals surface area contributed by atoms with Crippen LogP contribution in [0.15, 0.2) is 24.3 Å². The molecule has 0 aliphatic rings. The highest BCUT2D eigenvalue weighted by Crippen LogP contribution is 2.09. The first kappa shape index (κ1) is 8.74. The van der Waals surface area contributed by atoms with E-state index in [0.717, 1.165) is 0 Å². The van der Waals surface area contributed by atoms with E-state index < -0.39 is 11.7 Å². The van der Waals surface area contributed by atoms with E-state index in [9.17, 15) is 9.59 Å². The predicted octanol–water partition coefficient (Wildman–Crippen LogP) is 1.01. The van der Waals surface area contributed by atoms with Crippen molar-refractivity contribution in [2.24, 2.45) is 5.73 Å². The van der Waals surface area contributed by atoms with Gasteiger partial charge in [-0.2, -0.15) is 0 Å². The van der Waals surface area contributed by atoms with Crippen LogP contribution in [0, 0.1) is 0 Å². The lowest BCUT2D eigenvalue weighted by Crippen LogP contribution is -2.22. The molecule has 0 heterocycles. The lowest BCUT2D eigenvalue weighted by molar-refractivity contribution is -0.114. The number of benzene rings is 1. The van der Waals surface area contributed by atoms with Gasteiger partial charge in [0.05, 0.1) is 0 Å². The van der Waals surface area contributed by atoms with Crippen LogP contribution in [-0.2, 0) is 4.79 Å². The smallest absolute Gasteiger partial charge is 0.289 e. The molecule has 1 amide bonds. The molecule has 0 aliphatic carbocycles. The summed E-state index contributed by atoms with van der Waals surface area (Å²) in [7, 11) is 0. The van der Waals surface area contributed by atoms with E-state index in [1.54, 1.807) is 0 Å². The molecule has 0 radical (unpaired) electrons. The Kier molecular flexibility index (Phi) is 2.45. The fraction of sp³-hybridized carbons (Fsp3) is 0. The molecule has 0 atom stereocenters. The van der Waals surface area contributed by atoms with E-state index >= 15 is 0 Å². The van der Waals surface area contributed by atoms with Crippen molar-refractivity contribution in [2.75, 3.05) is 0 Å². The van der Waals surface area contributed by atoms with E-state index in [1.807, 2.05) is 0 Å². The van der Waals surface area contributed by atoms with E-state index in [2.05, 4.69) is 0 Å². The monoisotopic (exact) mass is 183 g/mol. The molecular weight excluding hydrogens is 178 g/mol. The average molecular weight is 184 g/mol. The highest BCUT2D eigenvalue weighted by atomic mass is 35.5. The molecule has 0 aromatic heterocycles. The number of hydrogen-bond acceptors (Lipinski definition) is 2. The molecule has 0 bridgehead atoms. The molecule has 1 rings (SSSR count). The largest absolute Gasteiger partial charge is 0.363 e. The van der Waals surface area contributed by atoms with Gasteiger partial charge in [0.15, 0.2) is 0 Å². The van der Waals surface area contributed by atoms with Crippen LogP contribution < -0.4 is 5.73 Å². The van der Waals surface area contributed by atoms with Crippen molar-refractivity contribution >= 4 is 23.3 Å². The summed E-state index contributed by atoms with van der Waals surface area (Å²) in [5.41, 5.74) is 5.04. The standard InChI is InChI=1S/C8H6ClNO2/c9-6-3-1-5(2-4-6)7(11)8(10)12/h1-4H,(H2,10,12). The van der Waals surface area contributed by atoms with Crippen LogP contribution in [0.5, 0.6) is 0 Å². The van der Waals surface area contributed by atoms with Crippen LogP contribution in [0.2, 0.25) is 5.02 Å². The van der Waals surface area contributed by atoms with Crippen molar-refractivity contribution in [1.29, 1.82) is 0 Å². The Morgan fingerprint density at radius 2 is 1.67 bits per heavy atom. The van der Waals surface area contributed by atoms with Gasteiger partial charge in [0.25, 0.3) is 5.91 Å². The first-order chi connectivity index (χ1) is 5.61. The Morgan fingerprint density at radius 3 is 2.08 bits per heavy atom. The van der Waals surface area contributed by atoms with Gasteiger partial charge < -0.3 is 5.73 Å². The Morgan fingerprint density at radius 1 is 1.17 bits per heavy atom.